The monoisotopic (exact) mass is 1570 g/mol. The summed E-state index contributed by atoms with van der Waals surface area (Å²) in [4.78, 5) is 13.5. The van der Waals surface area contributed by atoms with Gasteiger partial charge in [0.1, 0.15) is 73.2 Å². The SMILES string of the molecule is CC/C=C\C/C=C\C/C=C\C/C=C\C/C=C\C/C=C\C/C=C\CCCCCCCCCCCCCCCC(=O)NC(COC1OC(CO)C(OC2OC(CO)C(OC3OC(CO)C(O)C(O)C3O)C(O)C2O)C(O)C1O)C(O)/C=C/CCCCCCCCCCCCCCCCCCCCCCCCCCCCCCC. The Morgan fingerprint density at radius 1 is 0.333 bits per heavy atom. The van der Waals surface area contributed by atoms with Crippen molar-refractivity contribution in [2.75, 3.05) is 26.4 Å². The Kier molecular flexibility index (Phi) is 65.1. The van der Waals surface area contributed by atoms with Crippen LogP contribution in [0.3, 0.4) is 0 Å². The van der Waals surface area contributed by atoms with Crippen LogP contribution in [0, 0.1) is 0 Å². The van der Waals surface area contributed by atoms with E-state index in [1.165, 1.54) is 225 Å². The lowest BCUT2D eigenvalue weighted by Crippen LogP contribution is -2.66. The van der Waals surface area contributed by atoms with Gasteiger partial charge in [-0.05, 0) is 77.0 Å². The lowest BCUT2D eigenvalue weighted by molar-refractivity contribution is -0.379. The number of nitrogens with one attached hydrogen (secondary N) is 1. The standard InChI is InChI=1S/C92H163NO18/c1-3-5-7-9-11-13-15-17-19-21-23-25-27-29-31-33-35-36-37-38-40-42-44-46-48-50-52-54-56-58-60-62-64-66-68-70-80(98)93-75(76(97)69-67-65-63-61-59-57-55-53-51-49-47-45-43-41-39-34-32-30-28-26-24-22-20-18-16-14-12-10-8-6-4-2)74-106-90-86(104)83(101)88(78(72-95)108-90)111-92-87(105)84(102)89(79(73-96)109-92)110-91-85(103)82(100)81(99)77(71-94)107-91/h5,7,11,13,17,19,23,25,29,31,35-36,38,40,67,69,75-79,81-92,94-97,99-105H,3-4,6,8-10,12,14-16,18,20-22,24,26-28,30,32-34,37,39,41-66,68,70-74H2,1-2H3,(H,93,98)/b7-5-,13-11-,19-17-,25-23-,31-29-,36-35-,40-38-,69-67+. The van der Waals surface area contributed by atoms with Crippen molar-refractivity contribution >= 4 is 5.91 Å². The predicted octanol–water partition coefficient (Wildman–Crippen LogP) is 17.1. The number of carbonyl (C=O) groups excluding carboxylic acids is 1. The van der Waals surface area contributed by atoms with Gasteiger partial charge in [-0.25, -0.2) is 0 Å². The van der Waals surface area contributed by atoms with Crippen molar-refractivity contribution in [2.24, 2.45) is 0 Å². The van der Waals surface area contributed by atoms with E-state index in [4.69, 9.17) is 28.4 Å². The van der Waals surface area contributed by atoms with Gasteiger partial charge < -0.3 is 89.9 Å². The summed E-state index contributed by atoms with van der Waals surface area (Å²) in [6, 6.07) is -0.982. The Balaban J connectivity index is 1.34. The van der Waals surface area contributed by atoms with Gasteiger partial charge in [-0.2, -0.15) is 0 Å². The molecule has 0 radical (unpaired) electrons. The quantitative estimate of drug-likeness (QED) is 0.0199. The van der Waals surface area contributed by atoms with Crippen LogP contribution >= 0.6 is 0 Å². The lowest BCUT2D eigenvalue weighted by Gasteiger charge is -2.48. The smallest absolute Gasteiger partial charge is 0.220 e. The van der Waals surface area contributed by atoms with Crippen molar-refractivity contribution in [2.45, 2.75) is 452 Å². The van der Waals surface area contributed by atoms with Crippen LogP contribution in [0.5, 0.6) is 0 Å². The van der Waals surface area contributed by atoms with Crippen molar-refractivity contribution in [3.63, 3.8) is 0 Å². The number of aliphatic hydroxyl groups excluding tert-OH is 11. The van der Waals surface area contributed by atoms with E-state index in [1.54, 1.807) is 6.08 Å². The van der Waals surface area contributed by atoms with Crippen LogP contribution in [0.2, 0.25) is 0 Å². The number of aliphatic hydroxyl groups is 11. The molecule has 19 heteroatoms. The fourth-order valence-corrected chi connectivity index (χ4v) is 14.8. The third-order valence-corrected chi connectivity index (χ3v) is 21.9. The molecule has 3 aliphatic heterocycles. The molecule has 0 aromatic carbocycles. The minimum atomic E-state index is -1.98. The normalized spacial score (nSPS) is 25.5. The first-order valence-corrected chi connectivity index (χ1v) is 45.0. The van der Waals surface area contributed by atoms with E-state index in [1.807, 2.05) is 6.08 Å². The van der Waals surface area contributed by atoms with Gasteiger partial charge in [-0.15, -0.1) is 0 Å². The molecule has 3 saturated heterocycles. The molecule has 0 aliphatic carbocycles. The molecule has 3 heterocycles. The van der Waals surface area contributed by atoms with Crippen molar-refractivity contribution in [3.05, 3.63) is 97.2 Å². The molecular weight excluding hydrogens is 1410 g/mol. The van der Waals surface area contributed by atoms with Gasteiger partial charge in [0, 0.05) is 6.42 Å². The molecular formula is C92H163NO18. The summed E-state index contributed by atoms with van der Waals surface area (Å²) in [7, 11) is 0. The molecule has 0 aromatic rings. The molecule has 0 aromatic heterocycles. The van der Waals surface area contributed by atoms with Gasteiger partial charge in [-0.1, -0.05) is 361 Å². The highest BCUT2D eigenvalue weighted by molar-refractivity contribution is 5.76. The Morgan fingerprint density at radius 3 is 0.973 bits per heavy atom. The van der Waals surface area contributed by atoms with Crippen LogP contribution in [0.15, 0.2) is 97.2 Å². The molecule has 19 nitrogen and oxygen atoms in total. The van der Waals surface area contributed by atoms with E-state index in [2.05, 4.69) is 104 Å². The molecule has 17 unspecified atom stereocenters. The van der Waals surface area contributed by atoms with Gasteiger partial charge in [0.15, 0.2) is 18.9 Å². The molecule has 111 heavy (non-hydrogen) atoms. The molecule has 1 amide bonds. The van der Waals surface area contributed by atoms with Gasteiger partial charge in [0.25, 0.3) is 0 Å². The molecule has 17 atom stereocenters. The van der Waals surface area contributed by atoms with Crippen molar-refractivity contribution in [1.29, 1.82) is 0 Å². The second kappa shape index (κ2) is 70.9. The van der Waals surface area contributed by atoms with Crippen molar-refractivity contribution < 1.29 is 89.4 Å². The number of hydrogen-bond acceptors (Lipinski definition) is 18. The fraction of sp³-hybridized carbons (Fsp3) is 0.815. The van der Waals surface area contributed by atoms with Crippen molar-refractivity contribution in [3.8, 4) is 0 Å². The van der Waals surface area contributed by atoms with E-state index in [-0.39, 0.29) is 18.9 Å². The number of hydrogen-bond donors (Lipinski definition) is 12. The molecule has 0 bridgehead atoms. The Hall–Kier alpha value is -3.29. The summed E-state index contributed by atoms with van der Waals surface area (Å²) in [6.07, 6.45) is 71.2. The summed E-state index contributed by atoms with van der Waals surface area (Å²) in [5, 5.41) is 121. The summed E-state index contributed by atoms with van der Waals surface area (Å²) >= 11 is 0. The third kappa shape index (κ3) is 49.5. The lowest BCUT2D eigenvalue weighted by atomic mass is 9.96. The van der Waals surface area contributed by atoms with E-state index in [0.29, 0.717) is 6.42 Å². The van der Waals surface area contributed by atoms with Gasteiger partial charge in [0.05, 0.1) is 38.6 Å². The first-order valence-electron chi connectivity index (χ1n) is 45.0. The number of amides is 1. The zero-order chi connectivity index (χ0) is 80.3. The van der Waals surface area contributed by atoms with Crippen LogP contribution in [-0.2, 0) is 33.2 Å². The number of ether oxygens (including phenoxy) is 6. The number of unbranched alkanes of at least 4 members (excludes halogenated alkanes) is 42. The van der Waals surface area contributed by atoms with Crippen LogP contribution in [0.25, 0.3) is 0 Å². The minimum Gasteiger partial charge on any atom is -0.394 e. The molecule has 3 aliphatic rings. The first kappa shape index (κ1) is 102. The molecule has 12 N–H and O–H groups in total. The summed E-state index contributed by atoms with van der Waals surface area (Å²) in [5.74, 6) is -0.276. The maximum Gasteiger partial charge on any atom is 0.220 e. The third-order valence-electron chi connectivity index (χ3n) is 21.9. The van der Waals surface area contributed by atoms with E-state index < -0.39 is 124 Å². The highest BCUT2D eigenvalue weighted by Gasteiger charge is 2.54. The average molecular weight is 1570 g/mol. The Labute approximate surface area is 673 Å². The second-order valence-corrected chi connectivity index (χ2v) is 31.7. The first-order chi connectivity index (χ1) is 54.3. The summed E-state index contributed by atoms with van der Waals surface area (Å²) in [5.41, 5.74) is 0. The maximum atomic E-state index is 13.5. The minimum absolute atomic E-state index is 0.238. The zero-order valence-corrected chi connectivity index (χ0v) is 69.4. The van der Waals surface area contributed by atoms with Gasteiger partial charge >= 0.3 is 0 Å². The molecule has 0 spiro atoms. The summed E-state index contributed by atoms with van der Waals surface area (Å²) < 4.78 is 34.5. The Bertz CT molecular complexity index is 2380. The van der Waals surface area contributed by atoms with E-state index in [9.17, 15) is 61.0 Å². The summed E-state index contributed by atoms with van der Waals surface area (Å²) in [6.45, 7) is 1.66. The topological polar surface area (TPSA) is 307 Å². The van der Waals surface area contributed by atoms with Crippen LogP contribution < -0.4 is 5.32 Å². The van der Waals surface area contributed by atoms with E-state index >= 15 is 0 Å². The number of allylic oxidation sites excluding steroid dienone is 15. The van der Waals surface area contributed by atoms with Gasteiger partial charge in [0.2, 0.25) is 5.91 Å². The van der Waals surface area contributed by atoms with Crippen molar-refractivity contribution in [1.82, 2.24) is 5.32 Å². The van der Waals surface area contributed by atoms with E-state index in [0.717, 1.165) is 96.3 Å². The highest BCUT2D eigenvalue weighted by atomic mass is 16.8. The second-order valence-electron chi connectivity index (χ2n) is 31.7. The highest BCUT2D eigenvalue weighted by Crippen LogP contribution is 2.33. The number of rotatable bonds is 72. The molecule has 3 fully saturated rings. The molecule has 0 saturated carbocycles. The fourth-order valence-electron chi connectivity index (χ4n) is 14.8. The Morgan fingerprint density at radius 2 is 0.622 bits per heavy atom. The maximum absolute atomic E-state index is 13.5. The molecule has 644 valence electrons. The molecule has 3 rings (SSSR count). The zero-order valence-electron chi connectivity index (χ0n) is 69.4. The average Bonchev–Trinajstić information content (AvgIpc) is 0.780. The predicted molar refractivity (Wildman–Crippen MR) is 447 cm³/mol. The van der Waals surface area contributed by atoms with Crippen LogP contribution in [-0.4, -0.2) is 193 Å². The largest absolute Gasteiger partial charge is 0.394 e. The van der Waals surface area contributed by atoms with Gasteiger partial charge in [-0.3, -0.25) is 4.79 Å². The van der Waals surface area contributed by atoms with Crippen LogP contribution in [0.4, 0.5) is 0 Å². The number of carbonyl (C=O) groups is 1. The van der Waals surface area contributed by atoms with Crippen LogP contribution in [0.1, 0.15) is 348 Å².